The van der Waals surface area contributed by atoms with Crippen molar-refractivity contribution in [1.29, 1.82) is 0 Å². The van der Waals surface area contributed by atoms with E-state index in [1.54, 1.807) is 29.4 Å². The van der Waals surface area contributed by atoms with Crippen molar-refractivity contribution in [3.63, 3.8) is 0 Å². The quantitative estimate of drug-likeness (QED) is 0.782. The molecule has 14 heavy (non-hydrogen) atoms. The molecule has 0 saturated heterocycles. The fraction of sp³-hybridized carbons (Fsp3) is 0.300. The number of nitrogens with zero attached hydrogens (tertiary/aromatic N) is 2. The van der Waals surface area contributed by atoms with E-state index in [0.29, 0.717) is 0 Å². The zero-order chi connectivity index (χ0) is 10.1. The summed E-state index contributed by atoms with van der Waals surface area (Å²) in [5, 5.41) is 14.0. The molecule has 1 N–H and O–H groups in total. The second-order valence-electron chi connectivity index (χ2n) is 3.28. The van der Waals surface area contributed by atoms with Crippen LogP contribution in [0.15, 0.2) is 29.1 Å². The summed E-state index contributed by atoms with van der Waals surface area (Å²) in [7, 11) is 1.82. The highest BCUT2D eigenvalue weighted by Crippen LogP contribution is 2.24. The van der Waals surface area contributed by atoms with E-state index in [-0.39, 0.29) is 0 Å². The van der Waals surface area contributed by atoms with Crippen molar-refractivity contribution in [3.05, 3.63) is 41.6 Å². The molecule has 2 aromatic rings. The molecule has 2 heterocycles. The molecule has 0 aliphatic carbocycles. The van der Waals surface area contributed by atoms with Gasteiger partial charge in [-0.15, -0.1) is 0 Å². The smallest absolute Gasteiger partial charge is 0.110 e. The van der Waals surface area contributed by atoms with E-state index in [4.69, 9.17) is 4.42 Å². The van der Waals surface area contributed by atoms with Crippen LogP contribution in [0.1, 0.15) is 23.0 Å². The molecular formula is C10H12N2O2. The highest BCUT2D eigenvalue weighted by Gasteiger charge is 2.15. The van der Waals surface area contributed by atoms with Crippen molar-refractivity contribution in [2.75, 3.05) is 0 Å². The summed E-state index contributed by atoms with van der Waals surface area (Å²) in [6, 6.07) is 1.77. The van der Waals surface area contributed by atoms with E-state index in [2.05, 4.69) is 5.10 Å². The Labute approximate surface area is 81.8 Å². The summed E-state index contributed by atoms with van der Waals surface area (Å²) in [6.07, 6.45) is 4.36. The minimum absolute atomic E-state index is 0.651. The van der Waals surface area contributed by atoms with Gasteiger partial charge in [0.1, 0.15) is 11.9 Å². The van der Waals surface area contributed by atoms with Gasteiger partial charge in [0.15, 0.2) is 0 Å². The Morgan fingerprint density at radius 2 is 2.36 bits per heavy atom. The topological polar surface area (TPSA) is 51.2 Å². The lowest BCUT2D eigenvalue weighted by atomic mass is 10.1. The minimum atomic E-state index is -0.651. The Morgan fingerprint density at radius 3 is 2.86 bits per heavy atom. The number of hydrogen-bond acceptors (Lipinski definition) is 3. The molecular weight excluding hydrogens is 180 g/mol. The summed E-state index contributed by atoms with van der Waals surface area (Å²) >= 11 is 0. The van der Waals surface area contributed by atoms with Gasteiger partial charge in [0, 0.05) is 24.4 Å². The summed E-state index contributed by atoms with van der Waals surface area (Å²) < 4.78 is 6.79. The average molecular weight is 192 g/mol. The molecule has 4 nitrogen and oxygen atoms in total. The lowest BCUT2D eigenvalue weighted by molar-refractivity contribution is 0.218. The number of rotatable bonds is 2. The van der Waals surface area contributed by atoms with Crippen LogP contribution in [0.2, 0.25) is 0 Å². The predicted octanol–water partition coefficient (Wildman–Crippen LogP) is 1.40. The SMILES string of the molecule is Cc1occc1C(O)c1cnn(C)c1. The molecule has 2 aromatic heterocycles. The monoisotopic (exact) mass is 192 g/mol. The summed E-state index contributed by atoms with van der Waals surface area (Å²) in [5.74, 6) is 0.737. The molecule has 0 aromatic carbocycles. The fourth-order valence-electron chi connectivity index (χ4n) is 1.44. The van der Waals surface area contributed by atoms with Crippen LogP contribution in [0.4, 0.5) is 0 Å². The summed E-state index contributed by atoms with van der Waals surface area (Å²) in [5.41, 5.74) is 1.56. The third kappa shape index (κ3) is 1.44. The number of aromatic nitrogens is 2. The highest BCUT2D eigenvalue weighted by molar-refractivity contribution is 5.27. The molecule has 1 unspecified atom stereocenters. The van der Waals surface area contributed by atoms with Gasteiger partial charge in [0.05, 0.1) is 12.5 Å². The molecule has 0 fully saturated rings. The first-order valence-electron chi connectivity index (χ1n) is 4.39. The largest absolute Gasteiger partial charge is 0.469 e. The molecule has 2 rings (SSSR count). The molecule has 0 aliphatic rings. The molecule has 0 radical (unpaired) electrons. The number of furan rings is 1. The van der Waals surface area contributed by atoms with E-state index in [1.807, 2.05) is 14.0 Å². The fourth-order valence-corrected chi connectivity index (χ4v) is 1.44. The normalized spacial score (nSPS) is 13.1. The molecule has 0 bridgehead atoms. The Morgan fingerprint density at radius 1 is 1.57 bits per heavy atom. The summed E-state index contributed by atoms with van der Waals surface area (Å²) in [6.45, 7) is 1.83. The van der Waals surface area contributed by atoms with Gasteiger partial charge in [-0.05, 0) is 13.0 Å². The lowest BCUT2D eigenvalue weighted by Gasteiger charge is -2.05. The number of aliphatic hydroxyl groups is 1. The van der Waals surface area contributed by atoms with Crippen molar-refractivity contribution in [2.24, 2.45) is 7.05 Å². The maximum Gasteiger partial charge on any atom is 0.110 e. The van der Waals surface area contributed by atoms with Crippen LogP contribution in [0.5, 0.6) is 0 Å². The zero-order valence-electron chi connectivity index (χ0n) is 8.14. The first-order chi connectivity index (χ1) is 6.68. The first-order valence-corrected chi connectivity index (χ1v) is 4.39. The number of aliphatic hydroxyl groups excluding tert-OH is 1. The zero-order valence-corrected chi connectivity index (χ0v) is 8.14. The van der Waals surface area contributed by atoms with Crippen molar-refractivity contribution < 1.29 is 9.52 Å². The Bertz CT molecular complexity index is 431. The van der Waals surface area contributed by atoms with Gasteiger partial charge in [-0.1, -0.05) is 0 Å². The van der Waals surface area contributed by atoms with Crippen LogP contribution in [0.3, 0.4) is 0 Å². The van der Waals surface area contributed by atoms with Gasteiger partial charge in [0.2, 0.25) is 0 Å². The molecule has 0 saturated carbocycles. The van der Waals surface area contributed by atoms with Gasteiger partial charge in [-0.3, -0.25) is 4.68 Å². The van der Waals surface area contributed by atoms with Crippen LogP contribution in [0.25, 0.3) is 0 Å². The van der Waals surface area contributed by atoms with Crippen molar-refractivity contribution in [1.82, 2.24) is 9.78 Å². The van der Waals surface area contributed by atoms with Crippen LogP contribution in [0, 0.1) is 6.92 Å². The number of hydrogen-bond donors (Lipinski definition) is 1. The van der Waals surface area contributed by atoms with E-state index < -0.39 is 6.10 Å². The molecule has 74 valence electrons. The molecule has 0 amide bonds. The maximum absolute atomic E-state index is 9.96. The molecule has 1 atom stereocenters. The minimum Gasteiger partial charge on any atom is -0.469 e. The lowest BCUT2D eigenvalue weighted by Crippen LogP contribution is -1.98. The van der Waals surface area contributed by atoms with E-state index in [1.165, 1.54) is 0 Å². The molecule has 0 aliphatic heterocycles. The van der Waals surface area contributed by atoms with E-state index in [0.717, 1.165) is 16.9 Å². The standard InChI is InChI=1S/C10H12N2O2/c1-7-9(3-4-14-7)10(13)8-5-11-12(2)6-8/h3-6,10,13H,1-2H3. The van der Waals surface area contributed by atoms with Crippen molar-refractivity contribution in [2.45, 2.75) is 13.0 Å². The van der Waals surface area contributed by atoms with Crippen molar-refractivity contribution in [3.8, 4) is 0 Å². The van der Waals surface area contributed by atoms with Crippen molar-refractivity contribution >= 4 is 0 Å². The second-order valence-corrected chi connectivity index (χ2v) is 3.28. The van der Waals surface area contributed by atoms with E-state index in [9.17, 15) is 5.11 Å². The Kier molecular flexibility index (Phi) is 2.13. The summed E-state index contributed by atoms with van der Waals surface area (Å²) in [4.78, 5) is 0. The van der Waals surface area contributed by atoms with E-state index >= 15 is 0 Å². The van der Waals surface area contributed by atoms with Crippen LogP contribution < -0.4 is 0 Å². The van der Waals surface area contributed by atoms with Crippen LogP contribution in [-0.2, 0) is 7.05 Å². The van der Waals surface area contributed by atoms with Gasteiger partial charge >= 0.3 is 0 Å². The predicted molar refractivity (Wildman–Crippen MR) is 50.7 cm³/mol. The van der Waals surface area contributed by atoms with Crippen LogP contribution >= 0.6 is 0 Å². The molecule has 4 heteroatoms. The third-order valence-corrected chi connectivity index (χ3v) is 2.23. The van der Waals surface area contributed by atoms with Gasteiger partial charge in [-0.2, -0.15) is 5.10 Å². The second kappa shape index (κ2) is 3.31. The van der Waals surface area contributed by atoms with Gasteiger partial charge in [0.25, 0.3) is 0 Å². The molecule has 0 spiro atoms. The Balaban J connectivity index is 2.33. The Hall–Kier alpha value is -1.55. The van der Waals surface area contributed by atoms with Crippen LogP contribution in [-0.4, -0.2) is 14.9 Å². The van der Waals surface area contributed by atoms with Gasteiger partial charge in [-0.25, -0.2) is 0 Å². The first kappa shape index (κ1) is 9.02. The average Bonchev–Trinajstić information content (AvgIpc) is 2.73. The number of aryl methyl sites for hydroxylation is 2. The van der Waals surface area contributed by atoms with Gasteiger partial charge < -0.3 is 9.52 Å². The highest BCUT2D eigenvalue weighted by atomic mass is 16.3. The third-order valence-electron chi connectivity index (χ3n) is 2.23. The maximum atomic E-state index is 9.96.